The van der Waals surface area contributed by atoms with Gasteiger partial charge in [-0.05, 0) is 48.7 Å². The number of imidazole rings is 1. The van der Waals surface area contributed by atoms with Crippen LogP contribution in [0.25, 0.3) is 17.1 Å². The summed E-state index contributed by atoms with van der Waals surface area (Å²) < 4.78 is 24.0. The van der Waals surface area contributed by atoms with E-state index in [2.05, 4.69) is 15.6 Å². The number of phenols is 1. The lowest BCUT2D eigenvalue weighted by Crippen LogP contribution is -2.03. The van der Waals surface area contributed by atoms with Crippen molar-refractivity contribution in [1.29, 1.82) is 0 Å². The second-order valence-electron chi connectivity index (χ2n) is 8.29. The molecule has 0 saturated heterocycles. The molecule has 0 unspecified atom stereocenters. The molecule has 0 bridgehead atoms. The van der Waals surface area contributed by atoms with Crippen molar-refractivity contribution in [2.24, 2.45) is 0 Å². The third kappa shape index (κ3) is 5.86. The zero-order valence-corrected chi connectivity index (χ0v) is 21.1. The number of aromatic nitrogens is 2. The fourth-order valence-corrected chi connectivity index (χ4v) is 4.11. The molecule has 1 N–H and O–H groups in total. The second-order valence-corrected chi connectivity index (χ2v) is 8.29. The van der Waals surface area contributed by atoms with Crippen LogP contribution in [-0.4, -0.2) is 48.4 Å². The number of hydrogen-bond acceptors (Lipinski definition) is 7. The molecule has 0 atom stereocenters. The van der Waals surface area contributed by atoms with E-state index in [1.165, 1.54) is 33.5 Å². The summed E-state index contributed by atoms with van der Waals surface area (Å²) in [6, 6.07) is 16.9. The van der Waals surface area contributed by atoms with Crippen LogP contribution in [0.4, 0.5) is 0 Å². The molecule has 0 aliphatic rings. The lowest BCUT2D eigenvalue weighted by atomic mass is 10.0. The van der Waals surface area contributed by atoms with Crippen molar-refractivity contribution in [3.63, 3.8) is 0 Å². The van der Waals surface area contributed by atoms with Gasteiger partial charge in [0, 0.05) is 12.6 Å². The van der Waals surface area contributed by atoms with Gasteiger partial charge in [0.2, 0.25) is 5.75 Å². The standard InChI is InChI=1S/C29H30N2O6/c1-34-26-18-25(33)27(29(36-3)28(26)35-2)24(32)14-13-20-9-8-10-21(17-20)37-16-7-6-15-31-19-30-22-11-4-5-12-23(22)31/h4-5,8-14,17-19,33H,6-7,15-16H2,1-3H3/b14-13+. The molecule has 0 spiro atoms. The number of ketones is 1. The minimum atomic E-state index is -0.436. The molecule has 8 heteroatoms. The number of benzene rings is 3. The van der Waals surface area contributed by atoms with E-state index < -0.39 is 5.78 Å². The average Bonchev–Trinajstić information content (AvgIpc) is 3.34. The number of rotatable bonds is 12. The number of aryl methyl sites for hydroxylation is 1. The number of carbonyl (C=O) groups is 1. The summed E-state index contributed by atoms with van der Waals surface area (Å²) in [6.07, 6.45) is 6.77. The molecule has 3 aromatic carbocycles. The number of hydrogen-bond donors (Lipinski definition) is 1. The first kappa shape index (κ1) is 25.6. The van der Waals surface area contributed by atoms with Gasteiger partial charge in [-0.2, -0.15) is 0 Å². The number of allylic oxidation sites excluding steroid dienone is 1. The van der Waals surface area contributed by atoms with Gasteiger partial charge in [0.15, 0.2) is 17.3 Å². The van der Waals surface area contributed by atoms with Gasteiger partial charge in [-0.1, -0.05) is 30.3 Å². The predicted octanol–water partition coefficient (Wildman–Crippen LogP) is 5.52. The lowest BCUT2D eigenvalue weighted by Gasteiger charge is -2.15. The number of methoxy groups -OCH3 is 3. The Morgan fingerprint density at radius 2 is 1.78 bits per heavy atom. The molecule has 0 saturated carbocycles. The van der Waals surface area contributed by atoms with Crippen LogP contribution in [0.5, 0.6) is 28.7 Å². The molecule has 0 radical (unpaired) electrons. The van der Waals surface area contributed by atoms with Crippen molar-refractivity contribution >= 4 is 22.9 Å². The van der Waals surface area contributed by atoms with Crippen LogP contribution < -0.4 is 18.9 Å². The maximum atomic E-state index is 12.9. The van der Waals surface area contributed by atoms with Crippen molar-refractivity contribution in [2.75, 3.05) is 27.9 Å². The highest BCUT2D eigenvalue weighted by Crippen LogP contribution is 2.45. The largest absolute Gasteiger partial charge is 0.507 e. The van der Waals surface area contributed by atoms with Crippen molar-refractivity contribution in [3.8, 4) is 28.7 Å². The quantitative estimate of drug-likeness (QED) is 0.155. The van der Waals surface area contributed by atoms with E-state index in [1.54, 1.807) is 6.08 Å². The summed E-state index contributed by atoms with van der Waals surface area (Å²) in [5.74, 6) is 0.624. The first-order chi connectivity index (χ1) is 18.0. The molecule has 1 heterocycles. The Bertz CT molecular complexity index is 1410. The molecular weight excluding hydrogens is 472 g/mol. The van der Waals surface area contributed by atoms with Crippen molar-refractivity contribution < 1.29 is 28.8 Å². The third-order valence-electron chi connectivity index (χ3n) is 5.93. The summed E-state index contributed by atoms with van der Waals surface area (Å²) >= 11 is 0. The van der Waals surface area contributed by atoms with Crippen LogP contribution in [0, 0.1) is 0 Å². The first-order valence-electron chi connectivity index (χ1n) is 11.9. The molecule has 0 aliphatic carbocycles. The van der Waals surface area contributed by atoms with E-state index in [9.17, 15) is 9.90 Å². The molecular formula is C29H30N2O6. The van der Waals surface area contributed by atoms with Crippen LogP contribution in [0.1, 0.15) is 28.8 Å². The Morgan fingerprint density at radius 1 is 0.973 bits per heavy atom. The SMILES string of the molecule is COc1cc(O)c(C(=O)/C=C/c2cccc(OCCCCn3cnc4ccccc43)c2)c(OC)c1OC. The Balaban J connectivity index is 1.35. The molecule has 1 aromatic heterocycles. The van der Waals surface area contributed by atoms with Crippen molar-refractivity contribution in [3.05, 3.63) is 78.1 Å². The van der Waals surface area contributed by atoms with E-state index >= 15 is 0 Å². The normalized spacial score (nSPS) is 11.1. The van der Waals surface area contributed by atoms with Crippen LogP contribution in [-0.2, 0) is 6.54 Å². The van der Waals surface area contributed by atoms with Gasteiger partial charge >= 0.3 is 0 Å². The van der Waals surface area contributed by atoms with Crippen LogP contribution in [0.15, 0.2) is 67.0 Å². The van der Waals surface area contributed by atoms with Gasteiger partial charge in [0.05, 0.1) is 45.3 Å². The smallest absolute Gasteiger partial charge is 0.204 e. The van der Waals surface area contributed by atoms with Crippen molar-refractivity contribution in [2.45, 2.75) is 19.4 Å². The van der Waals surface area contributed by atoms with E-state index in [1.807, 2.05) is 48.8 Å². The minimum absolute atomic E-state index is 0.00512. The molecule has 4 rings (SSSR count). The summed E-state index contributed by atoms with van der Waals surface area (Å²) in [6.45, 7) is 1.46. The zero-order chi connectivity index (χ0) is 26.2. The Kier molecular flexibility index (Phi) is 8.30. The number of phenolic OH excluding ortho intramolecular Hbond substituents is 1. The Labute approximate surface area is 215 Å². The highest BCUT2D eigenvalue weighted by atomic mass is 16.5. The van der Waals surface area contributed by atoms with Gasteiger partial charge in [0.25, 0.3) is 0 Å². The average molecular weight is 503 g/mol. The summed E-state index contributed by atoms with van der Waals surface area (Å²) in [5, 5.41) is 10.4. The number of carbonyl (C=O) groups excluding carboxylic acids is 1. The Hall–Kier alpha value is -4.46. The summed E-state index contributed by atoms with van der Waals surface area (Å²) in [7, 11) is 4.27. The number of nitrogens with zero attached hydrogens (tertiary/aromatic N) is 2. The molecule has 0 fully saturated rings. The monoisotopic (exact) mass is 502 g/mol. The van der Waals surface area contributed by atoms with Gasteiger partial charge in [0.1, 0.15) is 17.1 Å². The van der Waals surface area contributed by atoms with E-state index in [0.717, 1.165) is 36.0 Å². The number of aromatic hydroxyl groups is 1. The number of fused-ring (bicyclic) bond motifs is 1. The van der Waals surface area contributed by atoms with Crippen LogP contribution in [0.3, 0.4) is 0 Å². The highest BCUT2D eigenvalue weighted by molar-refractivity contribution is 6.11. The van der Waals surface area contributed by atoms with E-state index in [0.29, 0.717) is 12.4 Å². The predicted molar refractivity (Wildman–Crippen MR) is 142 cm³/mol. The van der Waals surface area contributed by atoms with E-state index in [4.69, 9.17) is 18.9 Å². The van der Waals surface area contributed by atoms with Gasteiger partial charge < -0.3 is 28.6 Å². The zero-order valence-electron chi connectivity index (χ0n) is 21.1. The third-order valence-corrected chi connectivity index (χ3v) is 5.93. The van der Waals surface area contributed by atoms with Crippen molar-refractivity contribution in [1.82, 2.24) is 9.55 Å². The van der Waals surface area contributed by atoms with E-state index in [-0.39, 0.29) is 28.6 Å². The Morgan fingerprint density at radius 3 is 2.57 bits per heavy atom. The molecule has 4 aromatic rings. The minimum Gasteiger partial charge on any atom is -0.507 e. The van der Waals surface area contributed by atoms with Crippen LogP contribution in [0.2, 0.25) is 0 Å². The fraction of sp³-hybridized carbons (Fsp3) is 0.241. The van der Waals surface area contributed by atoms with Gasteiger partial charge in [-0.15, -0.1) is 0 Å². The maximum Gasteiger partial charge on any atom is 0.204 e. The number of ether oxygens (including phenoxy) is 4. The number of para-hydroxylation sites is 2. The second kappa shape index (κ2) is 12.0. The highest BCUT2D eigenvalue weighted by Gasteiger charge is 2.24. The number of unbranched alkanes of at least 4 members (excludes halogenated alkanes) is 1. The lowest BCUT2D eigenvalue weighted by molar-refractivity contribution is 0.104. The van der Waals surface area contributed by atoms with Gasteiger partial charge in [-0.3, -0.25) is 4.79 Å². The maximum absolute atomic E-state index is 12.9. The summed E-state index contributed by atoms with van der Waals surface area (Å²) in [5.41, 5.74) is 2.92. The van der Waals surface area contributed by atoms with Crippen LogP contribution >= 0.6 is 0 Å². The molecule has 0 aliphatic heterocycles. The molecule has 0 amide bonds. The van der Waals surface area contributed by atoms with Gasteiger partial charge in [-0.25, -0.2) is 4.98 Å². The summed E-state index contributed by atoms with van der Waals surface area (Å²) in [4.78, 5) is 17.4. The first-order valence-corrected chi connectivity index (χ1v) is 11.9. The molecule has 37 heavy (non-hydrogen) atoms. The topological polar surface area (TPSA) is 92.0 Å². The fourth-order valence-electron chi connectivity index (χ4n) is 4.11. The molecule has 192 valence electrons. The molecule has 8 nitrogen and oxygen atoms in total.